The normalized spacial score (nSPS) is 11.2. The Morgan fingerprint density at radius 3 is 2.37 bits per heavy atom. The highest BCUT2D eigenvalue weighted by atomic mass is 35.5. The van der Waals surface area contributed by atoms with Crippen molar-refractivity contribution in [3.63, 3.8) is 0 Å². The second kappa shape index (κ2) is 8.81. The van der Waals surface area contributed by atoms with Gasteiger partial charge in [-0.2, -0.15) is 0 Å². The summed E-state index contributed by atoms with van der Waals surface area (Å²) >= 11 is 6.15. The van der Waals surface area contributed by atoms with E-state index in [0.29, 0.717) is 10.6 Å². The maximum atomic E-state index is 13.4. The Bertz CT molecular complexity index is 1190. The van der Waals surface area contributed by atoms with Gasteiger partial charge in [0.1, 0.15) is 6.54 Å². The molecule has 0 aliphatic rings. The monoisotopic (exact) mass is 450 g/mol. The first-order chi connectivity index (χ1) is 14.2. The first kappa shape index (κ1) is 21.7. The van der Waals surface area contributed by atoms with Gasteiger partial charge in [-0.3, -0.25) is 9.10 Å². The molecule has 9 heteroatoms. The second-order valence-corrected chi connectivity index (χ2v) is 8.66. The van der Waals surface area contributed by atoms with Crippen LogP contribution in [0.5, 0.6) is 0 Å². The summed E-state index contributed by atoms with van der Waals surface area (Å²) in [7, 11) is -4.12. The molecule has 0 atom stereocenters. The number of hydrogen-bond donors (Lipinski definition) is 1. The van der Waals surface area contributed by atoms with Crippen LogP contribution in [0, 0.1) is 18.6 Å². The summed E-state index contributed by atoms with van der Waals surface area (Å²) in [6.45, 7) is 1.04. The van der Waals surface area contributed by atoms with Crippen molar-refractivity contribution < 1.29 is 22.0 Å². The standard InChI is InChI=1S/C21H17ClF2N2O3S/c1-14-17(22)8-5-9-20(14)26(30(28,29)16-6-3-2-4-7-16)13-21(27)25-15-10-11-18(23)19(24)12-15/h2-12H,13H2,1H3,(H,25,27). The van der Waals surface area contributed by atoms with Crippen molar-refractivity contribution in [1.82, 2.24) is 0 Å². The van der Waals surface area contributed by atoms with E-state index < -0.39 is 34.1 Å². The van der Waals surface area contributed by atoms with E-state index in [-0.39, 0.29) is 16.3 Å². The predicted octanol–water partition coefficient (Wildman–Crippen LogP) is 4.76. The van der Waals surface area contributed by atoms with E-state index in [1.54, 1.807) is 37.3 Å². The van der Waals surface area contributed by atoms with Crippen LogP contribution in [0.3, 0.4) is 0 Å². The minimum Gasteiger partial charge on any atom is -0.324 e. The van der Waals surface area contributed by atoms with Crippen LogP contribution in [0.2, 0.25) is 5.02 Å². The smallest absolute Gasteiger partial charge is 0.264 e. The zero-order valence-corrected chi connectivity index (χ0v) is 17.3. The van der Waals surface area contributed by atoms with Gasteiger partial charge < -0.3 is 5.32 Å². The van der Waals surface area contributed by atoms with Gasteiger partial charge in [0.2, 0.25) is 5.91 Å². The third kappa shape index (κ3) is 4.60. The SMILES string of the molecule is Cc1c(Cl)cccc1N(CC(=O)Nc1ccc(F)c(F)c1)S(=O)(=O)c1ccccc1. The Balaban J connectivity index is 1.98. The molecule has 30 heavy (non-hydrogen) atoms. The minimum atomic E-state index is -4.12. The number of anilines is 2. The molecule has 0 unspecified atom stereocenters. The molecule has 0 aliphatic carbocycles. The van der Waals surface area contributed by atoms with E-state index >= 15 is 0 Å². The summed E-state index contributed by atoms with van der Waals surface area (Å²) in [5.74, 6) is -2.93. The van der Waals surface area contributed by atoms with Crippen molar-refractivity contribution in [2.45, 2.75) is 11.8 Å². The summed E-state index contributed by atoms with van der Waals surface area (Å²) in [5, 5.41) is 2.72. The van der Waals surface area contributed by atoms with Gasteiger partial charge in [-0.15, -0.1) is 0 Å². The number of hydrogen-bond acceptors (Lipinski definition) is 3. The minimum absolute atomic E-state index is 0.00113. The van der Waals surface area contributed by atoms with E-state index in [0.717, 1.165) is 16.4 Å². The molecule has 0 spiro atoms. The number of amides is 1. The zero-order valence-electron chi connectivity index (χ0n) is 15.8. The van der Waals surface area contributed by atoms with E-state index in [1.807, 2.05) is 0 Å². The summed E-state index contributed by atoms with van der Waals surface area (Å²) in [5.41, 5.74) is 0.699. The van der Waals surface area contributed by atoms with Gasteiger partial charge >= 0.3 is 0 Å². The number of rotatable bonds is 6. The van der Waals surface area contributed by atoms with Gasteiger partial charge in [-0.25, -0.2) is 17.2 Å². The largest absolute Gasteiger partial charge is 0.324 e. The molecule has 1 amide bonds. The van der Waals surface area contributed by atoms with Crippen LogP contribution in [-0.2, 0) is 14.8 Å². The van der Waals surface area contributed by atoms with E-state index in [2.05, 4.69) is 5.32 Å². The molecule has 3 aromatic rings. The fourth-order valence-corrected chi connectivity index (χ4v) is 4.46. The van der Waals surface area contributed by atoms with E-state index in [4.69, 9.17) is 11.6 Å². The number of nitrogens with one attached hydrogen (secondary N) is 1. The lowest BCUT2D eigenvalue weighted by atomic mass is 10.2. The second-order valence-electron chi connectivity index (χ2n) is 6.39. The quantitative estimate of drug-likeness (QED) is 0.588. The van der Waals surface area contributed by atoms with Crippen molar-refractivity contribution in [3.8, 4) is 0 Å². The molecule has 3 rings (SSSR count). The highest BCUT2D eigenvalue weighted by Gasteiger charge is 2.28. The van der Waals surface area contributed by atoms with Gasteiger partial charge in [-0.1, -0.05) is 35.9 Å². The molecule has 3 aromatic carbocycles. The Kier molecular flexibility index (Phi) is 6.38. The van der Waals surface area contributed by atoms with Crippen LogP contribution < -0.4 is 9.62 Å². The van der Waals surface area contributed by atoms with E-state index in [9.17, 15) is 22.0 Å². The first-order valence-electron chi connectivity index (χ1n) is 8.78. The molecular formula is C21H17ClF2N2O3S. The highest BCUT2D eigenvalue weighted by Crippen LogP contribution is 2.30. The molecule has 0 fully saturated rings. The molecule has 0 heterocycles. The summed E-state index contributed by atoms with van der Waals surface area (Å²) < 4.78 is 54.0. The number of halogens is 3. The maximum absolute atomic E-state index is 13.4. The van der Waals surface area contributed by atoms with Crippen molar-refractivity contribution in [2.24, 2.45) is 0 Å². The van der Waals surface area contributed by atoms with E-state index in [1.165, 1.54) is 24.3 Å². The summed E-state index contributed by atoms with van der Waals surface area (Å²) in [6, 6.07) is 15.2. The zero-order chi connectivity index (χ0) is 21.9. The lowest BCUT2D eigenvalue weighted by molar-refractivity contribution is -0.114. The molecule has 1 N–H and O–H groups in total. The van der Waals surface area contributed by atoms with Crippen molar-refractivity contribution in [1.29, 1.82) is 0 Å². The van der Waals surface area contributed by atoms with Gasteiger partial charge in [0.15, 0.2) is 11.6 Å². The average molecular weight is 451 g/mol. The Morgan fingerprint density at radius 2 is 1.70 bits per heavy atom. The number of sulfonamides is 1. The Labute approximate surface area is 178 Å². The molecule has 0 aliphatic heterocycles. The van der Waals surface area contributed by atoms with Gasteiger partial charge in [-0.05, 0) is 48.9 Å². The average Bonchev–Trinajstić information content (AvgIpc) is 2.72. The maximum Gasteiger partial charge on any atom is 0.264 e. The number of benzene rings is 3. The Hall–Kier alpha value is -2.97. The highest BCUT2D eigenvalue weighted by molar-refractivity contribution is 7.92. The fourth-order valence-electron chi connectivity index (χ4n) is 2.79. The molecule has 0 aromatic heterocycles. The van der Waals surface area contributed by atoms with Crippen LogP contribution in [0.4, 0.5) is 20.2 Å². The fraction of sp³-hybridized carbons (Fsp3) is 0.0952. The summed E-state index contributed by atoms with van der Waals surface area (Å²) in [4.78, 5) is 12.6. The molecule has 5 nitrogen and oxygen atoms in total. The van der Waals surface area contributed by atoms with Gasteiger partial charge in [0.05, 0.1) is 10.6 Å². The van der Waals surface area contributed by atoms with Crippen LogP contribution in [0.15, 0.2) is 71.6 Å². The van der Waals surface area contributed by atoms with Crippen LogP contribution >= 0.6 is 11.6 Å². The molecule has 156 valence electrons. The van der Waals surface area contributed by atoms with Gasteiger partial charge in [0.25, 0.3) is 10.0 Å². The number of carbonyl (C=O) groups excluding carboxylic acids is 1. The molecular weight excluding hydrogens is 434 g/mol. The van der Waals surface area contributed by atoms with Crippen LogP contribution in [0.25, 0.3) is 0 Å². The molecule has 0 radical (unpaired) electrons. The third-order valence-corrected chi connectivity index (χ3v) is 6.51. The number of nitrogens with zero attached hydrogens (tertiary/aromatic N) is 1. The molecule has 0 saturated carbocycles. The lowest BCUT2D eigenvalue weighted by Crippen LogP contribution is -2.38. The Morgan fingerprint density at radius 1 is 1.00 bits per heavy atom. The summed E-state index contributed by atoms with van der Waals surface area (Å²) in [6.07, 6.45) is 0. The van der Waals surface area contributed by atoms with Crippen molar-refractivity contribution in [2.75, 3.05) is 16.2 Å². The van der Waals surface area contributed by atoms with Crippen LogP contribution in [-0.4, -0.2) is 20.9 Å². The topological polar surface area (TPSA) is 66.5 Å². The molecule has 0 saturated heterocycles. The lowest BCUT2D eigenvalue weighted by Gasteiger charge is -2.26. The van der Waals surface area contributed by atoms with Crippen molar-refractivity contribution in [3.05, 3.63) is 89.0 Å². The molecule has 0 bridgehead atoms. The predicted molar refractivity (Wildman–Crippen MR) is 112 cm³/mol. The number of carbonyl (C=O) groups is 1. The van der Waals surface area contributed by atoms with Crippen molar-refractivity contribution >= 4 is 38.9 Å². The third-order valence-electron chi connectivity index (χ3n) is 4.33. The first-order valence-corrected chi connectivity index (χ1v) is 10.6. The van der Waals surface area contributed by atoms with Crippen LogP contribution in [0.1, 0.15) is 5.56 Å². The van der Waals surface area contributed by atoms with Gasteiger partial charge in [0, 0.05) is 16.8 Å².